The Labute approximate surface area is 169 Å². The highest BCUT2D eigenvalue weighted by molar-refractivity contribution is 14.0. The van der Waals surface area contributed by atoms with Crippen LogP contribution < -0.4 is 20.5 Å². The van der Waals surface area contributed by atoms with E-state index in [1.165, 1.54) is 0 Å². The minimum absolute atomic E-state index is 0. The zero-order valence-electron chi connectivity index (χ0n) is 13.9. The van der Waals surface area contributed by atoms with Crippen LogP contribution in [0.1, 0.15) is 11.7 Å². The first-order valence-corrected chi connectivity index (χ1v) is 7.63. The third-order valence-electron chi connectivity index (χ3n) is 3.36. The first-order chi connectivity index (χ1) is 11.5. The predicted molar refractivity (Wildman–Crippen MR) is 111 cm³/mol. The average molecular weight is 478 g/mol. The van der Waals surface area contributed by atoms with Crippen LogP contribution in [0.2, 0.25) is 5.02 Å². The van der Waals surface area contributed by atoms with E-state index in [0.717, 1.165) is 5.56 Å². The fourth-order valence-electron chi connectivity index (χ4n) is 2.06. The molecule has 0 fully saturated rings. The zero-order valence-corrected chi connectivity index (χ0v) is 17.0. The molecule has 0 spiro atoms. The maximum absolute atomic E-state index is 10.1. The van der Waals surface area contributed by atoms with Crippen molar-refractivity contribution < 1.29 is 14.6 Å². The van der Waals surface area contributed by atoms with Gasteiger partial charge in [-0.15, -0.1) is 24.0 Å². The molecule has 0 aliphatic rings. The number of hydrogen-bond acceptors (Lipinski definition) is 4. The van der Waals surface area contributed by atoms with Crippen molar-refractivity contribution in [1.29, 1.82) is 0 Å². The topological polar surface area (TPSA) is 89.1 Å². The summed E-state index contributed by atoms with van der Waals surface area (Å²) in [4.78, 5) is 4.15. The van der Waals surface area contributed by atoms with E-state index in [4.69, 9.17) is 26.8 Å². The van der Waals surface area contributed by atoms with Crippen molar-refractivity contribution in [2.24, 2.45) is 10.7 Å². The van der Waals surface area contributed by atoms with Crippen molar-refractivity contribution in [2.45, 2.75) is 6.10 Å². The van der Waals surface area contributed by atoms with E-state index < -0.39 is 6.10 Å². The maximum Gasteiger partial charge on any atom is 0.193 e. The standard InChI is InChI=1S/C17H20ClN3O3.HI/c1-23-13-7-8-16(24-2)14(9-13)21-17(19)20-10-15(22)11-3-5-12(18)6-4-11;/h3-9,15,22H,10H2,1-2H3,(H3,19,20,21);1H. The second-order valence-electron chi connectivity index (χ2n) is 4.98. The number of hydrogen-bond donors (Lipinski definition) is 3. The summed E-state index contributed by atoms with van der Waals surface area (Å²) in [5.74, 6) is 1.43. The fraction of sp³-hybridized carbons (Fsp3) is 0.235. The van der Waals surface area contributed by atoms with Gasteiger partial charge in [0.25, 0.3) is 0 Å². The van der Waals surface area contributed by atoms with Crippen molar-refractivity contribution in [3.63, 3.8) is 0 Å². The molecule has 0 saturated heterocycles. The Morgan fingerprint density at radius 1 is 1.20 bits per heavy atom. The van der Waals surface area contributed by atoms with Gasteiger partial charge in [-0.25, -0.2) is 0 Å². The Morgan fingerprint density at radius 3 is 2.48 bits per heavy atom. The van der Waals surface area contributed by atoms with E-state index in [1.807, 2.05) is 0 Å². The van der Waals surface area contributed by atoms with Crippen LogP contribution in [0.4, 0.5) is 5.69 Å². The van der Waals surface area contributed by atoms with Crippen LogP contribution in [-0.4, -0.2) is 31.8 Å². The average Bonchev–Trinajstić information content (AvgIpc) is 2.60. The fourth-order valence-corrected chi connectivity index (χ4v) is 2.19. The second-order valence-corrected chi connectivity index (χ2v) is 5.42. The summed E-state index contributed by atoms with van der Waals surface area (Å²) in [6.45, 7) is 0.118. The van der Waals surface area contributed by atoms with Crippen molar-refractivity contribution in [3.8, 4) is 11.5 Å². The number of guanidine groups is 1. The number of nitrogens with two attached hydrogens (primary N) is 1. The van der Waals surface area contributed by atoms with E-state index in [0.29, 0.717) is 22.2 Å². The Kier molecular flexibility index (Phi) is 8.81. The number of nitrogens with one attached hydrogen (secondary N) is 1. The number of ether oxygens (including phenoxy) is 2. The molecule has 25 heavy (non-hydrogen) atoms. The number of methoxy groups -OCH3 is 2. The van der Waals surface area contributed by atoms with Gasteiger partial charge in [0.05, 0.1) is 32.6 Å². The molecule has 0 heterocycles. The van der Waals surface area contributed by atoms with Gasteiger partial charge in [0.15, 0.2) is 5.96 Å². The van der Waals surface area contributed by atoms with Crippen molar-refractivity contribution >= 4 is 47.2 Å². The molecule has 0 aromatic heterocycles. The molecule has 1 unspecified atom stereocenters. The summed E-state index contributed by atoms with van der Waals surface area (Å²) < 4.78 is 10.4. The molecule has 0 saturated carbocycles. The SMILES string of the molecule is COc1ccc(OC)c(NC(N)=NCC(O)c2ccc(Cl)cc2)c1.I. The molecular formula is C17H21ClIN3O3. The van der Waals surface area contributed by atoms with E-state index >= 15 is 0 Å². The number of rotatable bonds is 6. The van der Waals surface area contributed by atoms with E-state index in [2.05, 4.69) is 10.3 Å². The number of anilines is 1. The molecule has 2 aromatic rings. The molecule has 0 bridgehead atoms. The van der Waals surface area contributed by atoms with Gasteiger partial charge in [-0.3, -0.25) is 4.99 Å². The van der Waals surface area contributed by atoms with Gasteiger partial charge in [-0.1, -0.05) is 23.7 Å². The Hall–Kier alpha value is -1.71. The molecule has 0 aliphatic carbocycles. The molecule has 0 amide bonds. The molecule has 2 rings (SSSR count). The summed E-state index contributed by atoms with van der Waals surface area (Å²) in [6, 6.07) is 12.2. The highest BCUT2D eigenvalue weighted by atomic mass is 127. The lowest BCUT2D eigenvalue weighted by atomic mass is 10.1. The second kappa shape index (κ2) is 10.3. The van der Waals surface area contributed by atoms with E-state index in [-0.39, 0.29) is 36.5 Å². The number of benzene rings is 2. The quantitative estimate of drug-likeness (QED) is 0.337. The first-order valence-electron chi connectivity index (χ1n) is 7.26. The Balaban J connectivity index is 0.00000312. The Morgan fingerprint density at radius 2 is 1.88 bits per heavy atom. The largest absolute Gasteiger partial charge is 0.497 e. The van der Waals surface area contributed by atoms with Crippen LogP contribution in [0.5, 0.6) is 11.5 Å². The molecule has 1 atom stereocenters. The summed E-state index contributed by atoms with van der Waals surface area (Å²) in [6.07, 6.45) is -0.769. The molecule has 8 heteroatoms. The number of aliphatic hydroxyl groups excluding tert-OH is 1. The highest BCUT2D eigenvalue weighted by Crippen LogP contribution is 2.28. The third kappa shape index (κ3) is 6.26. The zero-order chi connectivity index (χ0) is 17.5. The first kappa shape index (κ1) is 21.3. The van der Waals surface area contributed by atoms with Crippen LogP contribution in [0.3, 0.4) is 0 Å². The highest BCUT2D eigenvalue weighted by Gasteiger charge is 2.09. The van der Waals surface area contributed by atoms with Gasteiger partial charge in [0.2, 0.25) is 0 Å². The number of halogens is 2. The maximum atomic E-state index is 10.1. The molecule has 6 nitrogen and oxygen atoms in total. The molecule has 2 aromatic carbocycles. The van der Waals surface area contributed by atoms with Gasteiger partial charge in [0, 0.05) is 11.1 Å². The van der Waals surface area contributed by atoms with Crippen molar-refractivity contribution in [2.75, 3.05) is 26.1 Å². The van der Waals surface area contributed by atoms with Gasteiger partial charge >= 0.3 is 0 Å². The lowest BCUT2D eigenvalue weighted by Crippen LogP contribution is -2.24. The predicted octanol–water partition coefficient (Wildman–Crippen LogP) is 3.44. The van der Waals surface area contributed by atoms with Gasteiger partial charge < -0.3 is 25.6 Å². The summed E-state index contributed by atoms with van der Waals surface area (Å²) in [5, 5.41) is 13.7. The molecule has 0 radical (unpaired) electrons. The molecule has 4 N–H and O–H groups in total. The third-order valence-corrected chi connectivity index (χ3v) is 3.61. The molecular weight excluding hydrogens is 457 g/mol. The molecule has 136 valence electrons. The normalized spacial score (nSPS) is 12.1. The van der Waals surface area contributed by atoms with Crippen molar-refractivity contribution in [1.82, 2.24) is 0 Å². The summed E-state index contributed by atoms with van der Waals surface area (Å²) >= 11 is 5.83. The summed E-state index contributed by atoms with van der Waals surface area (Å²) in [7, 11) is 3.14. The van der Waals surface area contributed by atoms with Crippen LogP contribution in [0.25, 0.3) is 0 Å². The minimum Gasteiger partial charge on any atom is -0.497 e. The Bertz CT molecular complexity index is 711. The number of aliphatic imine (C=N–C) groups is 1. The van der Waals surface area contributed by atoms with Crippen LogP contribution in [0, 0.1) is 0 Å². The van der Waals surface area contributed by atoms with Crippen molar-refractivity contribution in [3.05, 3.63) is 53.1 Å². The summed E-state index contributed by atoms with van der Waals surface area (Å²) in [5.41, 5.74) is 7.22. The molecule has 0 aliphatic heterocycles. The lowest BCUT2D eigenvalue weighted by Gasteiger charge is -2.13. The van der Waals surface area contributed by atoms with Gasteiger partial charge in [-0.05, 0) is 29.8 Å². The van der Waals surface area contributed by atoms with Crippen LogP contribution >= 0.6 is 35.6 Å². The number of nitrogens with zero attached hydrogens (tertiary/aromatic N) is 1. The van der Waals surface area contributed by atoms with E-state index in [1.54, 1.807) is 56.7 Å². The lowest BCUT2D eigenvalue weighted by molar-refractivity contribution is 0.187. The van der Waals surface area contributed by atoms with Gasteiger partial charge in [0.1, 0.15) is 11.5 Å². The van der Waals surface area contributed by atoms with Crippen LogP contribution in [0.15, 0.2) is 47.5 Å². The van der Waals surface area contributed by atoms with E-state index in [9.17, 15) is 5.11 Å². The minimum atomic E-state index is -0.769. The monoisotopic (exact) mass is 477 g/mol. The van der Waals surface area contributed by atoms with Crippen LogP contribution in [-0.2, 0) is 0 Å². The van der Waals surface area contributed by atoms with Gasteiger partial charge in [-0.2, -0.15) is 0 Å². The smallest absolute Gasteiger partial charge is 0.193 e. The number of aliphatic hydroxyl groups is 1.